The molecule has 2 aliphatic heterocycles. The van der Waals surface area contributed by atoms with E-state index in [-0.39, 0.29) is 17.8 Å². The van der Waals surface area contributed by atoms with Crippen LogP contribution in [0.1, 0.15) is 24.0 Å². The summed E-state index contributed by atoms with van der Waals surface area (Å²) in [5.41, 5.74) is 0. The average Bonchev–Trinajstić information content (AvgIpc) is 2.86. The van der Waals surface area contributed by atoms with Crippen LogP contribution in [0.3, 0.4) is 0 Å². The molecule has 0 bridgehead atoms. The molecule has 1 aromatic rings. The number of ether oxygens (including phenoxy) is 1. The van der Waals surface area contributed by atoms with Gasteiger partial charge in [-0.3, -0.25) is 4.79 Å². The highest BCUT2D eigenvalue weighted by atomic mass is 35.5. The molecule has 6 heteroatoms. The Balaban J connectivity index is 1.70. The molecule has 5 nitrogen and oxygen atoms in total. The number of rotatable bonds is 1. The Morgan fingerprint density at radius 3 is 2.83 bits per heavy atom. The van der Waals surface area contributed by atoms with Crippen LogP contribution in [0.4, 0.5) is 0 Å². The van der Waals surface area contributed by atoms with Crippen LogP contribution in [0.2, 0.25) is 5.02 Å². The molecule has 3 heterocycles. The average molecular weight is 268 g/mol. The van der Waals surface area contributed by atoms with Crippen molar-refractivity contribution in [2.75, 3.05) is 13.1 Å². The standard InChI is InChI=1S/C12H14ClN3O2/c1-7-2-8-5-16(6-10(8)18-7)12(17)11-14-3-9(13)4-15-11/h3-4,7-8,10H,2,5-6H2,1H3/t7-,8+,10-/m0/s1. The van der Waals surface area contributed by atoms with Gasteiger partial charge in [0.25, 0.3) is 5.91 Å². The Morgan fingerprint density at radius 1 is 1.44 bits per heavy atom. The minimum absolute atomic E-state index is 0.141. The summed E-state index contributed by atoms with van der Waals surface area (Å²) in [7, 11) is 0. The highest BCUT2D eigenvalue weighted by molar-refractivity contribution is 6.30. The van der Waals surface area contributed by atoms with Crippen LogP contribution in [-0.2, 0) is 4.74 Å². The molecular formula is C12H14ClN3O2. The van der Waals surface area contributed by atoms with Gasteiger partial charge in [0.1, 0.15) is 0 Å². The molecule has 0 N–H and O–H groups in total. The van der Waals surface area contributed by atoms with E-state index in [0.717, 1.165) is 13.0 Å². The summed E-state index contributed by atoms with van der Waals surface area (Å²) in [5, 5.41) is 0.432. The summed E-state index contributed by atoms with van der Waals surface area (Å²) < 4.78 is 5.76. The van der Waals surface area contributed by atoms with Crippen molar-refractivity contribution < 1.29 is 9.53 Å². The van der Waals surface area contributed by atoms with Crippen LogP contribution < -0.4 is 0 Å². The van der Waals surface area contributed by atoms with Crippen molar-refractivity contribution >= 4 is 17.5 Å². The van der Waals surface area contributed by atoms with E-state index >= 15 is 0 Å². The number of halogens is 1. The molecule has 96 valence electrons. The van der Waals surface area contributed by atoms with E-state index in [1.807, 2.05) is 0 Å². The smallest absolute Gasteiger partial charge is 0.291 e. The molecule has 18 heavy (non-hydrogen) atoms. The maximum Gasteiger partial charge on any atom is 0.291 e. The van der Waals surface area contributed by atoms with Crippen LogP contribution in [0.25, 0.3) is 0 Å². The third-order valence-corrected chi connectivity index (χ3v) is 3.72. The summed E-state index contributed by atoms with van der Waals surface area (Å²) >= 11 is 5.70. The predicted octanol–water partition coefficient (Wildman–Crippen LogP) is 1.38. The van der Waals surface area contributed by atoms with Crippen molar-refractivity contribution in [3.05, 3.63) is 23.2 Å². The third kappa shape index (κ3) is 2.08. The molecule has 2 saturated heterocycles. The molecule has 3 atom stereocenters. The second-order valence-electron chi connectivity index (χ2n) is 4.92. The van der Waals surface area contributed by atoms with E-state index in [1.54, 1.807) is 4.90 Å². The Labute approximate surface area is 110 Å². The minimum atomic E-state index is -0.141. The summed E-state index contributed by atoms with van der Waals surface area (Å²) in [6, 6.07) is 0. The molecule has 3 rings (SSSR count). The highest BCUT2D eigenvalue weighted by Gasteiger charge is 2.42. The van der Waals surface area contributed by atoms with E-state index in [4.69, 9.17) is 16.3 Å². The Morgan fingerprint density at radius 2 is 2.17 bits per heavy atom. The fourth-order valence-corrected chi connectivity index (χ4v) is 2.83. The lowest BCUT2D eigenvalue weighted by Crippen LogP contribution is -2.32. The van der Waals surface area contributed by atoms with E-state index < -0.39 is 0 Å². The topological polar surface area (TPSA) is 55.3 Å². The molecule has 2 aliphatic rings. The maximum atomic E-state index is 12.2. The molecule has 0 spiro atoms. The lowest BCUT2D eigenvalue weighted by atomic mass is 10.0. The fraction of sp³-hybridized carbons (Fsp3) is 0.583. The van der Waals surface area contributed by atoms with Crippen LogP contribution in [0, 0.1) is 5.92 Å². The highest BCUT2D eigenvalue weighted by Crippen LogP contribution is 2.33. The monoisotopic (exact) mass is 267 g/mol. The summed E-state index contributed by atoms with van der Waals surface area (Å²) in [5.74, 6) is 0.515. The first-order valence-electron chi connectivity index (χ1n) is 6.06. The first-order valence-corrected chi connectivity index (χ1v) is 6.43. The molecule has 0 aliphatic carbocycles. The van der Waals surface area contributed by atoms with Gasteiger partial charge >= 0.3 is 0 Å². The number of carbonyl (C=O) groups excluding carboxylic acids is 1. The number of hydrogen-bond donors (Lipinski definition) is 0. The van der Waals surface area contributed by atoms with Gasteiger partial charge < -0.3 is 9.64 Å². The summed E-state index contributed by atoms with van der Waals surface area (Å²) in [6.45, 7) is 3.45. The largest absolute Gasteiger partial charge is 0.373 e. The lowest BCUT2D eigenvalue weighted by Gasteiger charge is -2.17. The number of aromatic nitrogens is 2. The number of nitrogens with zero attached hydrogens (tertiary/aromatic N) is 3. The zero-order chi connectivity index (χ0) is 12.7. The van der Waals surface area contributed by atoms with Gasteiger partial charge in [0.15, 0.2) is 0 Å². The Bertz CT molecular complexity index is 451. The van der Waals surface area contributed by atoms with Gasteiger partial charge in [0, 0.05) is 31.4 Å². The molecule has 2 fully saturated rings. The van der Waals surface area contributed by atoms with Gasteiger partial charge in [-0.1, -0.05) is 11.6 Å². The van der Waals surface area contributed by atoms with Crippen molar-refractivity contribution in [3.63, 3.8) is 0 Å². The number of hydrogen-bond acceptors (Lipinski definition) is 4. The Kier molecular flexibility index (Phi) is 2.95. The van der Waals surface area contributed by atoms with Crippen molar-refractivity contribution in [3.8, 4) is 0 Å². The van der Waals surface area contributed by atoms with Gasteiger partial charge in [-0.2, -0.15) is 0 Å². The van der Waals surface area contributed by atoms with Crippen LogP contribution in [0.5, 0.6) is 0 Å². The SMILES string of the molecule is C[C@H]1C[C@@H]2CN(C(=O)c3ncc(Cl)cn3)C[C@@H]2O1. The van der Waals surface area contributed by atoms with Gasteiger partial charge in [-0.25, -0.2) is 9.97 Å². The van der Waals surface area contributed by atoms with E-state index in [9.17, 15) is 4.79 Å². The van der Waals surface area contributed by atoms with E-state index in [1.165, 1.54) is 12.4 Å². The molecule has 0 radical (unpaired) electrons. The number of amides is 1. The summed E-state index contributed by atoms with van der Waals surface area (Å²) in [6.07, 6.45) is 4.39. The zero-order valence-corrected chi connectivity index (χ0v) is 10.8. The molecule has 1 aromatic heterocycles. The predicted molar refractivity (Wildman–Crippen MR) is 65.4 cm³/mol. The number of likely N-dealkylation sites (tertiary alicyclic amines) is 1. The van der Waals surface area contributed by atoms with Crippen molar-refractivity contribution in [1.82, 2.24) is 14.9 Å². The second-order valence-corrected chi connectivity index (χ2v) is 5.35. The fourth-order valence-electron chi connectivity index (χ4n) is 2.73. The summed E-state index contributed by atoms with van der Waals surface area (Å²) in [4.78, 5) is 21.9. The lowest BCUT2D eigenvalue weighted by molar-refractivity contribution is 0.0439. The first-order chi connectivity index (χ1) is 8.63. The molecule has 1 amide bonds. The van der Waals surface area contributed by atoms with E-state index in [0.29, 0.717) is 23.6 Å². The number of carbonyl (C=O) groups is 1. The van der Waals surface area contributed by atoms with E-state index in [2.05, 4.69) is 16.9 Å². The van der Waals surface area contributed by atoms with Crippen LogP contribution >= 0.6 is 11.6 Å². The van der Waals surface area contributed by atoms with Gasteiger partial charge in [0.2, 0.25) is 5.82 Å². The van der Waals surface area contributed by atoms with Crippen molar-refractivity contribution in [1.29, 1.82) is 0 Å². The molecule has 0 saturated carbocycles. The minimum Gasteiger partial charge on any atom is -0.373 e. The maximum absolute atomic E-state index is 12.2. The normalized spacial score (nSPS) is 30.6. The van der Waals surface area contributed by atoms with Crippen molar-refractivity contribution in [2.45, 2.75) is 25.6 Å². The number of fused-ring (bicyclic) bond motifs is 1. The van der Waals surface area contributed by atoms with Gasteiger partial charge in [-0.05, 0) is 13.3 Å². The van der Waals surface area contributed by atoms with Crippen LogP contribution in [0.15, 0.2) is 12.4 Å². The van der Waals surface area contributed by atoms with Gasteiger partial charge in [-0.15, -0.1) is 0 Å². The Hall–Kier alpha value is -1.20. The molecular weight excluding hydrogens is 254 g/mol. The molecule has 0 unspecified atom stereocenters. The molecule has 0 aromatic carbocycles. The quantitative estimate of drug-likeness (QED) is 0.771. The van der Waals surface area contributed by atoms with Gasteiger partial charge in [0.05, 0.1) is 17.2 Å². The third-order valence-electron chi connectivity index (χ3n) is 3.52. The first kappa shape index (κ1) is 11.9. The van der Waals surface area contributed by atoms with Crippen molar-refractivity contribution in [2.24, 2.45) is 5.92 Å². The second kappa shape index (κ2) is 4.48. The zero-order valence-electron chi connectivity index (χ0n) is 10.0. The van der Waals surface area contributed by atoms with Crippen LogP contribution in [-0.4, -0.2) is 46.1 Å².